The van der Waals surface area contributed by atoms with Crippen LogP contribution in [0.3, 0.4) is 0 Å². The van der Waals surface area contributed by atoms with Crippen LogP contribution in [0.4, 0.5) is 0 Å². The lowest BCUT2D eigenvalue weighted by molar-refractivity contribution is 0.201. The van der Waals surface area contributed by atoms with Crippen molar-refractivity contribution in [1.29, 1.82) is 0 Å². The van der Waals surface area contributed by atoms with E-state index in [4.69, 9.17) is 5.73 Å². The number of rotatable bonds is 6. The van der Waals surface area contributed by atoms with Gasteiger partial charge >= 0.3 is 0 Å². The van der Waals surface area contributed by atoms with Crippen LogP contribution in [0.15, 0.2) is 22.7 Å². The minimum absolute atomic E-state index is 0.101. The first kappa shape index (κ1) is 15.6. The highest BCUT2D eigenvalue weighted by molar-refractivity contribution is 9.10. The molecule has 0 bridgehead atoms. The van der Waals surface area contributed by atoms with Gasteiger partial charge < -0.3 is 16.2 Å². The van der Waals surface area contributed by atoms with Gasteiger partial charge in [-0.2, -0.15) is 0 Å². The summed E-state index contributed by atoms with van der Waals surface area (Å²) in [6.45, 7) is 6.88. The Morgan fingerprint density at radius 3 is 2.56 bits per heavy atom. The fraction of sp³-hybridized carbons (Fsp3) is 0.571. The summed E-state index contributed by atoms with van der Waals surface area (Å²) in [6, 6.07) is 6.60. The van der Waals surface area contributed by atoms with E-state index in [1.165, 1.54) is 11.1 Å². The Labute approximate surface area is 118 Å². The van der Waals surface area contributed by atoms with Crippen LogP contribution in [-0.4, -0.2) is 24.3 Å². The predicted molar refractivity (Wildman–Crippen MR) is 79.5 cm³/mol. The Kier molecular flexibility index (Phi) is 6.29. The first-order valence-electron chi connectivity index (χ1n) is 6.32. The molecule has 0 fully saturated rings. The van der Waals surface area contributed by atoms with Crippen molar-refractivity contribution in [3.8, 4) is 0 Å². The molecule has 18 heavy (non-hydrogen) atoms. The second-order valence-corrected chi connectivity index (χ2v) is 5.78. The van der Waals surface area contributed by atoms with Gasteiger partial charge in [0, 0.05) is 29.7 Å². The van der Waals surface area contributed by atoms with Crippen LogP contribution in [0.2, 0.25) is 0 Å². The highest BCUT2D eigenvalue weighted by Crippen LogP contribution is 2.25. The van der Waals surface area contributed by atoms with Gasteiger partial charge in [-0.05, 0) is 37.0 Å². The summed E-state index contributed by atoms with van der Waals surface area (Å²) >= 11 is 3.59. The molecule has 1 aromatic rings. The maximum Gasteiger partial charge on any atom is 0.0471 e. The van der Waals surface area contributed by atoms with Gasteiger partial charge in [0.1, 0.15) is 0 Å². The van der Waals surface area contributed by atoms with Crippen molar-refractivity contribution < 1.29 is 5.11 Å². The van der Waals surface area contributed by atoms with Gasteiger partial charge in [0.2, 0.25) is 0 Å². The molecule has 0 heterocycles. The van der Waals surface area contributed by atoms with Crippen molar-refractivity contribution in [3.63, 3.8) is 0 Å². The van der Waals surface area contributed by atoms with E-state index in [0.29, 0.717) is 6.54 Å². The van der Waals surface area contributed by atoms with E-state index in [2.05, 4.69) is 53.3 Å². The van der Waals surface area contributed by atoms with Crippen molar-refractivity contribution in [1.82, 2.24) is 5.32 Å². The van der Waals surface area contributed by atoms with Crippen LogP contribution in [0.5, 0.6) is 0 Å². The SMILES string of the molecule is Cc1ccc(C(CN)NC(C)C(C)CO)c(Br)c1. The summed E-state index contributed by atoms with van der Waals surface area (Å²) in [5.74, 6) is 0.211. The molecule has 1 aromatic carbocycles. The van der Waals surface area contributed by atoms with Gasteiger partial charge in [-0.15, -0.1) is 0 Å². The Hall–Kier alpha value is -0.420. The Morgan fingerprint density at radius 2 is 2.06 bits per heavy atom. The predicted octanol–water partition coefficient (Wildman–Crippen LogP) is 2.36. The first-order chi connectivity index (χ1) is 8.49. The van der Waals surface area contributed by atoms with E-state index in [9.17, 15) is 5.11 Å². The zero-order chi connectivity index (χ0) is 13.7. The monoisotopic (exact) mass is 314 g/mol. The van der Waals surface area contributed by atoms with Crippen LogP contribution in [0, 0.1) is 12.8 Å². The number of nitrogens with one attached hydrogen (secondary N) is 1. The molecule has 0 radical (unpaired) electrons. The lowest BCUT2D eigenvalue weighted by Gasteiger charge is -2.26. The quantitative estimate of drug-likeness (QED) is 0.755. The Balaban J connectivity index is 2.83. The summed E-state index contributed by atoms with van der Waals surface area (Å²) in [6.07, 6.45) is 0. The highest BCUT2D eigenvalue weighted by atomic mass is 79.9. The number of hydrogen-bond donors (Lipinski definition) is 3. The number of halogens is 1. The zero-order valence-electron chi connectivity index (χ0n) is 11.3. The normalized spacial score (nSPS) is 16.3. The maximum absolute atomic E-state index is 9.17. The molecule has 3 unspecified atom stereocenters. The van der Waals surface area contributed by atoms with Crippen molar-refractivity contribution in [2.75, 3.05) is 13.2 Å². The number of aliphatic hydroxyl groups excluding tert-OH is 1. The third-order valence-corrected chi connectivity index (χ3v) is 4.06. The fourth-order valence-corrected chi connectivity index (χ4v) is 2.61. The van der Waals surface area contributed by atoms with Crippen LogP contribution < -0.4 is 11.1 Å². The lowest BCUT2D eigenvalue weighted by Crippen LogP contribution is -2.39. The Bertz CT molecular complexity index is 384. The molecule has 3 atom stereocenters. The van der Waals surface area contributed by atoms with Crippen LogP contribution >= 0.6 is 15.9 Å². The molecular formula is C14H23BrN2O. The van der Waals surface area contributed by atoms with Gasteiger partial charge in [-0.1, -0.05) is 35.0 Å². The third-order valence-electron chi connectivity index (χ3n) is 3.37. The molecule has 0 aliphatic carbocycles. The second-order valence-electron chi connectivity index (χ2n) is 4.93. The van der Waals surface area contributed by atoms with E-state index in [0.717, 1.165) is 4.47 Å². The molecule has 102 valence electrons. The smallest absolute Gasteiger partial charge is 0.0471 e. The third kappa shape index (κ3) is 4.05. The van der Waals surface area contributed by atoms with E-state index in [1.54, 1.807) is 0 Å². The number of aryl methyl sites for hydroxylation is 1. The van der Waals surface area contributed by atoms with Gasteiger partial charge in [0.25, 0.3) is 0 Å². The van der Waals surface area contributed by atoms with Crippen LogP contribution in [0.1, 0.15) is 31.0 Å². The second kappa shape index (κ2) is 7.24. The van der Waals surface area contributed by atoms with Gasteiger partial charge in [0.05, 0.1) is 0 Å². The van der Waals surface area contributed by atoms with E-state index < -0.39 is 0 Å². The molecule has 0 aliphatic heterocycles. The molecule has 0 saturated carbocycles. The molecule has 0 amide bonds. The minimum Gasteiger partial charge on any atom is -0.396 e. The van der Waals surface area contributed by atoms with Crippen molar-refractivity contribution in [2.45, 2.75) is 32.9 Å². The van der Waals surface area contributed by atoms with Crippen LogP contribution in [-0.2, 0) is 0 Å². The molecule has 4 heteroatoms. The summed E-state index contributed by atoms with van der Waals surface area (Å²) in [7, 11) is 0. The fourth-order valence-electron chi connectivity index (χ4n) is 1.84. The minimum atomic E-state index is 0.101. The number of hydrogen-bond acceptors (Lipinski definition) is 3. The molecule has 0 aromatic heterocycles. The molecule has 0 spiro atoms. The average molecular weight is 315 g/mol. The van der Waals surface area contributed by atoms with E-state index in [-0.39, 0.29) is 24.6 Å². The zero-order valence-corrected chi connectivity index (χ0v) is 12.9. The molecule has 4 N–H and O–H groups in total. The van der Waals surface area contributed by atoms with Crippen LogP contribution in [0.25, 0.3) is 0 Å². The molecule has 1 rings (SSSR count). The van der Waals surface area contributed by atoms with Crippen molar-refractivity contribution in [3.05, 3.63) is 33.8 Å². The van der Waals surface area contributed by atoms with E-state index in [1.807, 2.05) is 6.92 Å². The molecule has 0 saturated heterocycles. The Morgan fingerprint density at radius 1 is 1.39 bits per heavy atom. The highest BCUT2D eigenvalue weighted by Gasteiger charge is 2.18. The summed E-state index contributed by atoms with van der Waals surface area (Å²) in [5.41, 5.74) is 8.24. The number of benzene rings is 1. The maximum atomic E-state index is 9.17. The largest absolute Gasteiger partial charge is 0.396 e. The standard InChI is InChI=1S/C14H23BrN2O/c1-9-4-5-12(13(15)6-9)14(7-16)17-11(3)10(2)8-18/h4-6,10-11,14,17-18H,7-8,16H2,1-3H3. The lowest BCUT2D eigenvalue weighted by atomic mass is 10.0. The van der Waals surface area contributed by atoms with Gasteiger partial charge in [-0.3, -0.25) is 0 Å². The molecule has 0 aliphatic rings. The topological polar surface area (TPSA) is 58.3 Å². The van der Waals surface area contributed by atoms with E-state index >= 15 is 0 Å². The van der Waals surface area contributed by atoms with Gasteiger partial charge in [0.15, 0.2) is 0 Å². The summed E-state index contributed by atoms with van der Waals surface area (Å²) in [4.78, 5) is 0. The molecule has 3 nitrogen and oxygen atoms in total. The first-order valence-corrected chi connectivity index (χ1v) is 7.12. The molecular weight excluding hydrogens is 292 g/mol. The number of nitrogens with two attached hydrogens (primary N) is 1. The summed E-state index contributed by atoms with van der Waals surface area (Å²) < 4.78 is 1.08. The summed E-state index contributed by atoms with van der Waals surface area (Å²) in [5, 5.41) is 12.7. The number of aliphatic hydroxyl groups is 1. The van der Waals surface area contributed by atoms with Crippen molar-refractivity contribution >= 4 is 15.9 Å². The van der Waals surface area contributed by atoms with Gasteiger partial charge in [-0.25, -0.2) is 0 Å². The van der Waals surface area contributed by atoms with Crippen molar-refractivity contribution in [2.24, 2.45) is 11.7 Å². The average Bonchev–Trinajstić information content (AvgIpc) is 2.35.